The molecule has 0 radical (unpaired) electrons. The van der Waals surface area contributed by atoms with Crippen molar-refractivity contribution in [2.24, 2.45) is 16.1 Å². The number of benzene rings is 1. The Balaban J connectivity index is 0.00000208. The van der Waals surface area contributed by atoms with Crippen molar-refractivity contribution >= 4 is 35.8 Å². The summed E-state index contributed by atoms with van der Waals surface area (Å²) in [4.78, 5) is 18.1. The molecule has 6 heteroatoms. The first-order chi connectivity index (χ1) is 11.1. The Morgan fingerprint density at radius 3 is 2.75 bits per heavy atom. The van der Waals surface area contributed by atoms with Crippen LogP contribution in [0.5, 0.6) is 0 Å². The molecule has 1 saturated heterocycles. The second-order valence-electron chi connectivity index (χ2n) is 6.84. The van der Waals surface area contributed by atoms with Crippen LogP contribution in [0.25, 0.3) is 0 Å². The third-order valence-corrected chi connectivity index (χ3v) is 5.28. The Hall–Kier alpha value is -1.31. The van der Waals surface area contributed by atoms with E-state index in [1.165, 1.54) is 32.1 Å². The van der Waals surface area contributed by atoms with Crippen molar-refractivity contribution in [1.82, 2.24) is 10.2 Å². The summed E-state index contributed by atoms with van der Waals surface area (Å²) in [5.41, 5.74) is 7.46. The van der Waals surface area contributed by atoms with Crippen LogP contribution in [0.15, 0.2) is 29.3 Å². The summed E-state index contributed by atoms with van der Waals surface area (Å²) >= 11 is 0. The van der Waals surface area contributed by atoms with E-state index in [0.717, 1.165) is 24.6 Å². The van der Waals surface area contributed by atoms with Crippen molar-refractivity contribution in [3.05, 3.63) is 35.4 Å². The van der Waals surface area contributed by atoms with E-state index in [9.17, 15) is 4.79 Å². The number of nitrogens with zero attached hydrogens (tertiary/aromatic N) is 2. The van der Waals surface area contributed by atoms with Crippen LogP contribution in [0.3, 0.4) is 0 Å². The lowest BCUT2D eigenvalue weighted by Crippen LogP contribution is -2.40. The number of hydrogen-bond donors (Lipinski definition) is 2. The van der Waals surface area contributed by atoms with Gasteiger partial charge in [-0.2, -0.15) is 0 Å². The molecule has 24 heavy (non-hydrogen) atoms. The highest BCUT2D eigenvalue weighted by Gasteiger charge is 2.40. The van der Waals surface area contributed by atoms with Crippen LogP contribution < -0.4 is 11.1 Å². The predicted octanol–water partition coefficient (Wildman–Crippen LogP) is 2.75. The van der Waals surface area contributed by atoms with Crippen LogP contribution in [0.2, 0.25) is 0 Å². The molecule has 0 aromatic heterocycles. The monoisotopic (exact) mass is 442 g/mol. The van der Waals surface area contributed by atoms with E-state index in [2.05, 4.69) is 15.2 Å². The molecule has 1 aromatic rings. The number of halogens is 1. The van der Waals surface area contributed by atoms with Gasteiger partial charge in [0.05, 0.1) is 0 Å². The van der Waals surface area contributed by atoms with E-state index in [-0.39, 0.29) is 29.9 Å². The van der Waals surface area contributed by atoms with Crippen LogP contribution >= 0.6 is 24.0 Å². The molecule has 0 unspecified atom stereocenters. The summed E-state index contributed by atoms with van der Waals surface area (Å²) in [7, 11) is 1.84. The van der Waals surface area contributed by atoms with Crippen molar-refractivity contribution < 1.29 is 4.79 Å². The molecular weight excluding hydrogens is 415 g/mol. The Kier molecular flexibility index (Phi) is 6.48. The normalized spacial score (nSPS) is 19.4. The Morgan fingerprint density at radius 1 is 1.33 bits per heavy atom. The molecule has 1 saturated carbocycles. The Labute approximate surface area is 161 Å². The molecule has 1 spiro atoms. The third kappa shape index (κ3) is 4.20. The maximum Gasteiger partial charge on any atom is 0.248 e. The fourth-order valence-corrected chi connectivity index (χ4v) is 4.00. The highest BCUT2D eigenvalue weighted by atomic mass is 127. The minimum Gasteiger partial charge on any atom is -0.366 e. The Morgan fingerprint density at radius 2 is 2.08 bits per heavy atom. The molecule has 1 amide bonds. The van der Waals surface area contributed by atoms with E-state index in [0.29, 0.717) is 17.5 Å². The number of rotatable bonds is 3. The van der Waals surface area contributed by atoms with Gasteiger partial charge in [-0.25, -0.2) is 0 Å². The molecule has 0 atom stereocenters. The largest absolute Gasteiger partial charge is 0.366 e. The van der Waals surface area contributed by atoms with Crippen molar-refractivity contribution in [3.63, 3.8) is 0 Å². The fraction of sp³-hybridized carbons (Fsp3) is 0.556. The van der Waals surface area contributed by atoms with E-state index in [1.807, 2.05) is 25.2 Å². The topological polar surface area (TPSA) is 70.7 Å². The number of guanidine groups is 1. The van der Waals surface area contributed by atoms with Gasteiger partial charge in [-0.3, -0.25) is 9.79 Å². The van der Waals surface area contributed by atoms with Crippen LogP contribution in [0.1, 0.15) is 48.0 Å². The van der Waals surface area contributed by atoms with Crippen molar-refractivity contribution in [3.8, 4) is 0 Å². The number of carbonyl (C=O) groups is 1. The zero-order valence-electron chi connectivity index (χ0n) is 14.3. The van der Waals surface area contributed by atoms with Gasteiger partial charge in [-0.1, -0.05) is 25.0 Å². The van der Waals surface area contributed by atoms with Crippen LogP contribution in [0.4, 0.5) is 0 Å². The SMILES string of the molecule is CN=C(NCc1cccc(C(N)=O)c1)N1CCC2(CCCC2)C1.I. The zero-order valence-corrected chi connectivity index (χ0v) is 16.6. The number of amides is 1. The second-order valence-corrected chi connectivity index (χ2v) is 6.84. The molecule has 132 valence electrons. The number of aliphatic imine (C=N–C) groups is 1. The van der Waals surface area contributed by atoms with Crippen molar-refractivity contribution in [2.45, 2.75) is 38.6 Å². The average Bonchev–Trinajstić information content (AvgIpc) is 3.19. The Bertz CT molecular complexity index is 611. The van der Waals surface area contributed by atoms with Gasteiger partial charge in [0.2, 0.25) is 5.91 Å². The minimum absolute atomic E-state index is 0. The zero-order chi connectivity index (χ0) is 16.3. The quantitative estimate of drug-likeness (QED) is 0.430. The molecule has 2 aliphatic rings. The lowest BCUT2D eigenvalue weighted by molar-refractivity contribution is 0.1000. The van der Waals surface area contributed by atoms with Gasteiger partial charge < -0.3 is 16.0 Å². The summed E-state index contributed by atoms with van der Waals surface area (Å²) in [6.45, 7) is 2.85. The van der Waals surface area contributed by atoms with Crippen molar-refractivity contribution in [1.29, 1.82) is 0 Å². The van der Waals surface area contributed by atoms with Gasteiger partial charge in [-0.15, -0.1) is 24.0 Å². The van der Waals surface area contributed by atoms with Crippen LogP contribution in [-0.4, -0.2) is 36.9 Å². The van der Waals surface area contributed by atoms with Crippen LogP contribution in [-0.2, 0) is 6.54 Å². The smallest absolute Gasteiger partial charge is 0.248 e. The highest BCUT2D eigenvalue weighted by Crippen LogP contribution is 2.45. The van der Waals surface area contributed by atoms with Crippen molar-refractivity contribution in [2.75, 3.05) is 20.1 Å². The molecule has 1 heterocycles. The third-order valence-electron chi connectivity index (χ3n) is 5.28. The molecule has 2 fully saturated rings. The lowest BCUT2D eigenvalue weighted by atomic mass is 9.86. The van der Waals surface area contributed by atoms with Gasteiger partial charge in [0.1, 0.15) is 0 Å². The number of carbonyl (C=O) groups excluding carboxylic acids is 1. The molecule has 1 aromatic carbocycles. The summed E-state index contributed by atoms with van der Waals surface area (Å²) in [6, 6.07) is 7.44. The van der Waals surface area contributed by atoms with E-state index < -0.39 is 0 Å². The van der Waals surface area contributed by atoms with Gasteiger partial charge in [0.15, 0.2) is 5.96 Å². The number of nitrogens with two attached hydrogens (primary N) is 1. The maximum atomic E-state index is 11.3. The molecule has 3 N–H and O–H groups in total. The molecule has 5 nitrogen and oxygen atoms in total. The standard InChI is InChI=1S/C18H26N4O.HI/c1-20-17(22-10-9-18(13-22)7-2-3-8-18)21-12-14-5-4-6-15(11-14)16(19)23;/h4-6,11H,2-3,7-10,12-13H2,1H3,(H2,19,23)(H,20,21);1H. The summed E-state index contributed by atoms with van der Waals surface area (Å²) in [5.74, 6) is 0.567. The molecule has 1 aliphatic heterocycles. The fourth-order valence-electron chi connectivity index (χ4n) is 4.00. The number of likely N-dealkylation sites (tertiary alicyclic amines) is 1. The summed E-state index contributed by atoms with van der Waals surface area (Å²) in [5, 5.41) is 3.42. The molecule has 0 bridgehead atoms. The first kappa shape index (κ1) is 19.0. The first-order valence-corrected chi connectivity index (χ1v) is 8.46. The molecule has 3 rings (SSSR count). The number of primary amides is 1. The van der Waals surface area contributed by atoms with Gasteiger partial charge in [-0.05, 0) is 42.4 Å². The van der Waals surface area contributed by atoms with Gasteiger partial charge >= 0.3 is 0 Å². The molecule has 1 aliphatic carbocycles. The predicted molar refractivity (Wildman–Crippen MR) is 108 cm³/mol. The van der Waals surface area contributed by atoms with Gasteiger partial charge in [0.25, 0.3) is 0 Å². The van der Waals surface area contributed by atoms with E-state index in [1.54, 1.807) is 6.07 Å². The summed E-state index contributed by atoms with van der Waals surface area (Å²) < 4.78 is 0. The molecular formula is C18H27IN4O. The minimum atomic E-state index is -0.390. The summed E-state index contributed by atoms with van der Waals surface area (Å²) in [6.07, 6.45) is 6.76. The highest BCUT2D eigenvalue weighted by molar-refractivity contribution is 14.0. The van der Waals surface area contributed by atoms with Gasteiger partial charge in [0, 0.05) is 32.2 Å². The number of nitrogens with one attached hydrogen (secondary N) is 1. The average molecular weight is 442 g/mol. The van der Waals surface area contributed by atoms with Crippen LogP contribution in [0, 0.1) is 5.41 Å². The van der Waals surface area contributed by atoms with E-state index >= 15 is 0 Å². The second kappa shape index (κ2) is 8.18. The maximum absolute atomic E-state index is 11.3. The van der Waals surface area contributed by atoms with E-state index in [4.69, 9.17) is 5.73 Å². The lowest BCUT2D eigenvalue weighted by Gasteiger charge is -2.26. The number of hydrogen-bond acceptors (Lipinski definition) is 2. The first-order valence-electron chi connectivity index (χ1n) is 8.46.